The van der Waals surface area contributed by atoms with Crippen molar-refractivity contribution in [3.8, 4) is 11.3 Å². The fourth-order valence-electron chi connectivity index (χ4n) is 2.17. The number of fused-ring (bicyclic) bond motifs is 1. The number of nitrogens with two attached hydrogens (primary N) is 1. The van der Waals surface area contributed by atoms with E-state index in [1.54, 1.807) is 12.3 Å². The molecule has 3 aromatic heterocycles. The number of nitrogen functional groups attached to an aromatic ring is 1. The van der Waals surface area contributed by atoms with Crippen molar-refractivity contribution < 1.29 is 9.90 Å². The van der Waals surface area contributed by atoms with Crippen LogP contribution in [0, 0.1) is 0 Å². The Morgan fingerprint density at radius 1 is 1.38 bits per heavy atom. The molecule has 0 saturated heterocycles. The molecule has 0 radical (unpaired) electrons. The van der Waals surface area contributed by atoms with E-state index in [4.69, 9.17) is 10.8 Å². The monoisotopic (exact) mass is 283 g/mol. The third-order valence-electron chi connectivity index (χ3n) is 3.21. The molecule has 0 saturated carbocycles. The molecule has 7 heteroatoms. The summed E-state index contributed by atoms with van der Waals surface area (Å²) >= 11 is 0. The van der Waals surface area contributed by atoms with E-state index >= 15 is 0 Å². The van der Waals surface area contributed by atoms with Crippen LogP contribution < -0.4 is 5.73 Å². The smallest absolute Gasteiger partial charge is 0.337 e. The van der Waals surface area contributed by atoms with Gasteiger partial charge in [0, 0.05) is 29.0 Å². The number of rotatable bonds is 3. The van der Waals surface area contributed by atoms with Crippen molar-refractivity contribution in [3.63, 3.8) is 0 Å². The third-order valence-corrected chi connectivity index (χ3v) is 3.21. The molecule has 0 fully saturated rings. The Morgan fingerprint density at radius 2 is 2.19 bits per heavy atom. The van der Waals surface area contributed by atoms with Gasteiger partial charge in [-0.05, 0) is 18.6 Å². The zero-order chi connectivity index (χ0) is 15.0. The van der Waals surface area contributed by atoms with Crippen molar-refractivity contribution in [2.24, 2.45) is 0 Å². The Labute approximate surface area is 119 Å². The maximum Gasteiger partial charge on any atom is 0.337 e. The van der Waals surface area contributed by atoms with E-state index in [0.717, 1.165) is 17.7 Å². The molecule has 21 heavy (non-hydrogen) atoms. The van der Waals surface area contributed by atoms with Crippen LogP contribution in [0.2, 0.25) is 0 Å². The van der Waals surface area contributed by atoms with Crippen molar-refractivity contribution in [3.05, 3.63) is 35.8 Å². The molecule has 0 spiro atoms. The maximum absolute atomic E-state index is 11.1. The molecule has 0 aromatic carbocycles. The Morgan fingerprint density at radius 3 is 2.90 bits per heavy atom. The van der Waals surface area contributed by atoms with E-state index in [2.05, 4.69) is 19.9 Å². The average Bonchev–Trinajstić information content (AvgIpc) is 2.89. The number of nitrogens with zero attached hydrogens (tertiary/aromatic N) is 3. The molecule has 7 nitrogen and oxygen atoms in total. The minimum absolute atomic E-state index is 0.126. The first-order chi connectivity index (χ1) is 10.1. The van der Waals surface area contributed by atoms with Gasteiger partial charge in [-0.25, -0.2) is 19.7 Å². The first-order valence-electron chi connectivity index (χ1n) is 6.42. The average molecular weight is 283 g/mol. The van der Waals surface area contributed by atoms with Crippen LogP contribution in [0.1, 0.15) is 23.0 Å². The molecule has 0 aliphatic carbocycles. The largest absolute Gasteiger partial charge is 0.478 e. The summed E-state index contributed by atoms with van der Waals surface area (Å²) in [7, 11) is 0. The normalized spacial score (nSPS) is 10.9. The van der Waals surface area contributed by atoms with E-state index < -0.39 is 5.97 Å². The van der Waals surface area contributed by atoms with Crippen molar-refractivity contribution >= 4 is 23.0 Å². The van der Waals surface area contributed by atoms with Crippen LogP contribution in [0.15, 0.2) is 24.5 Å². The molecule has 0 unspecified atom stereocenters. The number of carboxylic acids is 1. The molecular weight excluding hydrogens is 270 g/mol. The van der Waals surface area contributed by atoms with Gasteiger partial charge in [-0.3, -0.25) is 0 Å². The number of hydrogen-bond acceptors (Lipinski definition) is 5. The first-order valence-corrected chi connectivity index (χ1v) is 6.42. The van der Waals surface area contributed by atoms with Gasteiger partial charge in [0.2, 0.25) is 5.95 Å². The van der Waals surface area contributed by atoms with Gasteiger partial charge in [0.1, 0.15) is 5.65 Å². The highest BCUT2D eigenvalue weighted by molar-refractivity contribution is 5.98. The van der Waals surface area contributed by atoms with Crippen LogP contribution in [0.4, 0.5) is 5.95 Å². The van der Waals surface area contributed by atoms with Crippen molar-refractivity contribution in [2.75, 3.05) is 5.73 Å². The molecule has 3 heterocycles. The summed E-state index contributed by atoms with van der Waals surface area (Å²) in [6.45, 7) is 1.98. The molecule has 0 bridgehead atoms. The summed E-state index contributed by atoms with van der Waals surface area (Å²) in [6.07, 6.45) is 3.79. The lowest BCUT2D eigenvalue weighted by Gasteiger charge is -2.03. The number of aromatic carboxylic acids is 1. The highest BCUT2D eigenvalue weighted by Crippen LogP contribution is 2.27. The Bertz CT molecular complexity index is 840. The minimum Gasteiger partial charge on any atom is -0.478 e. The number of pyridine rings is 1. The van der Waals surface area contributed by atoms with Crippen LogP contribution in [0.5, 0.6) is 0 Å². The lowest BCUT2D eigenvalue weighted by atomic mass is 10.1. The number of anilines is 1. The molecule has 4 N–H and O–H groups in total. The number of aryl methyl sites for hydroxylation is 1. The van der Waals surface area contributed by atoms with Gasteiger partial charge in [-0.2, -0.15) is 0 Å². The van der Waals surface area contributed by atoms with Gasteiger partial charge in [0.05, 0.1) is 11.3 Å². The van der Waals surface area contributed by atoms with E-state index in [1.165, 1.54) is 6.20 Å². The van der Waals surface area contributed by atoms with Gasteiger partial charge in [0.25, 0.3) is 0 Å². The first kappa shape index (κ1) is 13.0. The molecule has 3 aromatic rings. The van der Waals surface area contributed by atoms with Gasteiger partial charge in [0.15, 0.2) is 0 Å². The molecular formula is C14H13N5O2. The number of nitrogens with one attached hydrogen (secondary N) is 1. The summed E-state index contributed by atoms with van der Waals surface area (Å²) in [6, 6.07) is 3.41. The van der Waals surface area contributed by atoms with Gasteiger partial charge in [-0.15, -0.1) is 0 Å². The summed E-state index contributed by atoms with van der Waals surface area (Å²) in [5.41, 5.74) is 8.68. The molecule has 3 rings (SSSR count). The molecule has 0 amide bonds. The van der Waals surface area contributed by atoms with E-state index in [9.17, 15) is 4.79 Å². The highest BCUT2D eigenvalue weighted by atomic mass is 16.4. The van der Waals surface area contributed by atoms with Gasteiger partial charge in [-0.1, -0.05) is 6.92 Å². The predicted molar refractivity (Wildman–Crippen MR) is 77.9 cm³/mol. The van der Waals surface area contributed by atoms with Crippen LogP contribution in [-0.4, -0.2) is 31.0 Å². The summed E-state index contributed by atoms with van der Waals surface area (Å²) < 4.78 is 0. The number of H-pyrrole nitrogens is 1. The van der Waals surface area contributed by atoms with E-state index in [-0.39, 0.29) is 11.5 Å². The van der Waals surface area contributed by atoms with Crippen molar-refractivity contribution in [2.45, 2.75) is 13.3 Å². The zero-order valence-electron chi connectivity index (χ0n) is 11.3. The van der Waals surface area contributed by atoms with Crippen LogP contribution in [0.25, 0.3) is 22.3 Å². The van der Waals surface area contributed by atoms with Gasteiger partial charge >= 0.3 is 5.97 Å². The molecule has 106 valence electrons. The number of carboxylic acid groups (broad SMARTS) is 1. The highest BCUT2D eigenvalue weighted by Gasteiger charge is 2.13. The Balaban J connectivity index is 2.22. The van der Waals surface area contributed by atoms with E-state index in [0.29, 0.717) is 16.7 Å². The third kappa shape index (κ3) is 2.29. The Hall–Kier alpha value is -2.96. The second-order valence-electron chi connectivity index (χ2n) is 4.58. The minimum atomic E-state index is -1.02. The van der Waals surface area contributed by atoms with Crippen molar-refractivity contribution in [1.82, 2.24) is 19.9 Å². The molecule has 0 aliphatic heterocycles. The van der Waals surface area contributed by atoms with E-state index in [1.807, 2.05) is 13.0 Å². The second-order valence-corrected chi connectivity index (χ2v) is 4.58. The molecule has 0 aliphatic rings. The lowest BCUT2D eigenvalue weighted by molar-refractivity contribution is 0.0696. The number of hydrogen-bond donors (Lipinski definition) is 3. The summed E-state index contributed by atoms with van der Waals surface area (Å²) in [4.78, 5) is 26.5. The predicted octanol–water partition coefficient (Wildman–Crippen LogP) is 1.86. The molecule has 0 atom stereocenters. The van der Waals surface area contributed by atoms with Crippen LogP contribution >= 0.6 is 0 Å². The quantitative estimate of drug-likeness (QED) is 0.675. The number of aromatic nitrogens is 4. The summed E-state index contributed by atoms with van der Waals surface area (Å²) in [5, 5.41) is 9.76. The fourth-order valence-corrected chi connectivity index (χ4v) is 2.17. The summed E-state index contributed by atoms with van der Waals surface area (Å²) in [5.74, 6) is -0.825. The zero-order valence-corrected chi connectivity index (χ0v) is 11.3. The number of carbonyl (C=O) groups is 1. The van der Waals surface area contributed by atoms with Crippen molar-refractivity contribution in [1.29, 1.82) is 0 Å². The standard InChI is InChI=1S/C14H13N5O2/c1-2-8-4-11(19-14(15)18-8)10-6-17-12-9(10)3-7(5-16-12)13(20)21/h3-6H,2H2,1H3,(H,16,17)(H,20,21)(H2,15,18,19). The van der Waals surface area contributed by atoms with Crippen LogP contribution in [-0.2, 0) is 6.42 Å². The Kier molecular flexibility index (Phi) is 3.02. The maximum atomic E-state index is 11.1. The van der Waals surface area contributed by atoms with Crippen LogP contribution in [0.3, 0.4) is 0 Å². The van der Waals surface area contributed by atoms with Gasteiger partial charge < -0.3 is 15.8 Å². The SMILES string of the molecule is CCc1cc(-c2c[nH]c3ncc(C(=O)O)cc23)nc(N)n1. The topological polar surface area (TPSA) is 118 Å². The lowest BCUT2D eigenvalue weighted by Crippen LogP contribution is -2.00. The fraction of sp³-hybridized carbons (Fsp3) is 0.143. The number of aromatic amines is 1. The second kappa shape index (κ2) is 4.86.